The third-order valence-electron chi connectivity index (χ3n) is 1.85. The Hall–Kier alpha value is -1.22. The summed E-state index contributed by atoms with van der Waals surface area (Å²) in [5.41, 5.74) is -6.71. The zero-order chi connectivity index (χ0) is 11.6. The molecule has 0 aliphatic rings. The highest BCUT2D eigenvalue weighted by Crippen LogP contribution is 2.22. The molecule has 0 radical (unpaired) electrons. The second kappa shape index (κ2) is 3.88. The van der Waals surface area contributed by atoms with E-state index < -0.39 is 36.4 Å². The summed E-state index contributed by atoms with van der Waals surface area (Å²) in [5.74, 6) is -4.31. The number of carbonyl (C=O) groups is 2. The first-order chi connectivity index (χ1) is 6.26. The van der Waals surface area contributed by atoms with E-state index in [1.54, 1.807) is 0 Å². The maximum atomic E-state index is 10.4. The minimum Gasteiger partial charge on any atom is -0.479 e. The molecule has 0 aromatic heterocycles. The van der Waals surface area contributed by atoms with Gasteiger partial charge in [0.25, 0.3) is 0 Å². The van der Waals surface area contributed by atoms with Crippen molar-refractivity contribution in [2.75, 3.05) is 13.2 Å². The average molecular weight is 210 g/mol. The van der Waals surface area contributed by atoms with Crippen molar-refractivity contribution in [2.45, 2.75) is 11.2 Å². The van der Waals surface area contributed by atoms with Crippen molar-refractivity contribution >= 4 is 11.9 Å². The van der Waals surface area contributed by atoms with E-state index in [0.717, 1.165) is 0 Å². The van der Waals surface area contributed by atoms with Gasteiger partial charge in [-0.2, -0.15) is 0 Å². The fourth-order valence-corrected chi connectivity index (χ4v) is 0.751. The van der Waals surface area contributed by atoms with Crippen LogP contribution in [-0.4, -0.2) is 67.0 Å². The van der Waals surface area contributed by atoms with E-state index in [-0.39, 0.29) is 0 Å². The van der Waals surface area contributed by atoms with E-state index in [9.17, 15) is 9.59 Å². The zero-order valence-corrected chi connectivity index (χ0v) is 6.91. The molecule has 0 fully saturated rings. The predicted octanol–water partition coefficient (Wildman–Crippen LogP) is -3.40. The molecule has 2 unspecified atom stereocenters. The molecule has 82 valence electrons. The van der Waals surface area contributed by atoms with E-state index in [4.69, 9.17) is 30.6 Å². The molecule has 0 saturated carbocycles. The molecular weight excluding hydrogens is 200 g/mol. The van der Waals surface area contributed by atoms with E-state index in [2.05, 4.69) is 0 Å². The van der Waals surface area contributed by atoms with Crippen molar-refractivity contribution < 1.29 is 40.2 Å². The number of aliphatic hydroxyl groups excluding tert-OH is 2. The lowest BCUT2D eigenvalue weighted by Gasteiger charge is -2.33. The number of carboxylic acids is 2. The fourth-order valence-electron chi connectivity index (χ4n) is 0.751. The van der Waals surface area contributed by atoms with Crippen molar-refractivity contribution in [1.82, 2.24) is 0 Å². The van der Waals surface area contributed by atoms with Gasteiger partial charge in [0.2, 0.25) is 11.2 Å². The van der Waals surface area contributed by atoms with Gasteiger partial charge in [0.1, 0.15) is 0 Å². The summed E-state index contributed by atoms with van der Waals surface area (Å²) < 4.78 is 0. The van der Waals surface area contributed by atoms with Crippen molar-refractivity contribution in [3.8, 4) is 0 Å². The Kier molecular flexibility index (Phi) is 3.54. The maximum Gasteiger partial charge on any atom is 0.342 e. The summed E-state index contributed by atoms with van der Waals surface area (Å²) in [4.78, 5) is 20.8. The Morgan fingerprint density at radius 1 is 0.857 bits per heavy atom. The third-order valence-corrected chi connectivity index (χ3v) is 1.85. The summed E-state index contributed by atoms with van der Waals surface area (Å²) in [5, 5.41) is 52.1. The van der Waals surface area contributed by atoms with Crippen LogP contribution < -0.4 is 0 Å². The van der Waals surface area contributed by atoms with Crippen LogP contribution in [0.3, 0.4) is 0 Å². The highest BCUT2D eigenvalue weighted by atomic mass is 16.5. The largest absolute Gasteiger partial charge is 0.479 e. The number of hydrogen-bond acceptors (Lipinski definition) is 6. The Labute approximate surface area is 77.7 Å². The Bertz CT molecular complexity index is 224. The molecule has 0 heterocycles. The first-order valence-electron chi connectivity index (χ1n) is 3.39. The summed E-state index contributed by atoms with van der Waals surface area (Å²) >= 11 is 0. The van der Waals surface area contributed by atoms with Crippen LogP contribution in [0.25, 0.3) is 0 Å². The highest BCUT2D eigenvalue weighted by molar-refractivity contribution is 5.91. The Morgan fingerprint density at radius 2 is 1.07 bits per heavy atom. The van der Waals surface area contributed by atoms with Crippen molar-refractivity contribution in [2.24, 2.45) is 0 Å². The van der Waals surface area contributed by atoms with Gasteiger partial charge in [0, 0.05) is 0 Å². The molecule has 0 spiro atoms. The normalized spacial score (nSPS) is 19.4. The molecule has 0 rings (SSSR count). The molecular formula is C6H10O8. The highest BCUT2D eigenvalue weighted by Gasteiger charge is 2.60. The van der Waals surface area contributed by atoms with Gasteiger partial charge in [-0.15, -0.1) is 0 Å². The molecule has 0 bridgehead atoms. The molecule has 0 aliphatic heterocycles. The van der Waals surface area contributed by atoms with E-state index in [1.807, 2.05) is 0 Å². The maximum absolute atomic E-state index is 10.4. The Balaban J connectivity index is 5.37. The van der Waals surface area contributed by atoms with Gasteiger partial charge in [-0.1, -0.05) is 0 Å². The van der Waals surface area contributed by atoms with E-state index in [0.29, 0.717) is 0 Å². The van der Waals surface area contributed by atoms with Gasteiger partial charge in [-0.3, -0.25) is 0 Å². The van der Waals surface area contributed by atoms with Crippen LogP contribution in [0, 0.1) is 0 Å². The SMILES string of the molecule is O=C(O)C(O)(CO)C(O)(CO)C(=O)O. The number of carboxylic acid groups (broad SMARTS) is 2. The van der Waals surface area contributed by atoms with E-state index >= 15 is 0 Å². The Morgan fingerprint density at radius 3 is 1.14 bits per heavy atom. The summed E-state index contributed by atoms with van der Waals surface area (Å²) in [6.45, 7) is -3.10. The minimum atomic E-state index is -3.35. The van der Waals surface area contributed by atoms with Gasteiger partial charge in [0.15, 0.2) is 0 Å². The summed E-state index contributed by atoms with van der Waals surface area (Å²) in [7, 11) is 0. The number of aliphatic hydroxyl groups is 4. The smallest absolute Gasteiger partial charge is 0.342 e. The van der Waals surface area contributed by atoms with Crippen molar-refractivity contribution in [3.05, 3.63) is 0 Å². The lowest BCUT2D eigenvalue weighted by molar-refractivity contribution is -0.220. The zero-order valence-electron chi connectivity index (χ0n) is 6.91. The molecule has 8 nitrogen and oxygen atoms in total. The lowest BCUT2D eigenvalue weighted by Crippen LogP contribution is -2.67. The molecule has 0 aromatic carbocycles. The van der Waals surface area contributed by atoms with Crippen molar-refractivity contribution in [3.63, 3.8) is 0 Å². The standard InChI is InChI=1S/C6H10O8/c7-1-5(13,3(9)10)6(14,2-8)4(11)12/h7-8,13-14H,1-2H2,(H,9,10)(H,11,12). The predicted molar refractivity (Wildman–Crippen MR) is 39.3 cm³/mol. The van der Waals surface area contributed by atoms with Gasteiger partial charge in [-0.25, -0.2) is 9.59 Å². The monoisotopic (exact) mass is 210 g/mol. The summed E-state index contributed by atoms with van der Waals surface area (Å²) in [6.07, 6.45) is 0. The molecule has 0 aliphatic carbocycles. The summed E-state index contributed by atoms with van der Waals surface area (Å²) in [6, 6.07) is 0. The molecule has 8 heteroatoms. The topological polar surface area (TPSA) is 156 Å². The van der Waals surface area contributed by atoms with Crippen LogP contribution in [0.4, 0.5) is 0 Å². The third kappa shape index (κ3) is 1.55. The van der Waals surface area contributed by atoms with Crippen molar-refractivity contribution in [1.29, 1.82) is 0 Å². The van der Waals surface area contributed by atoms with Crippen LogP contribution in [0.2, 0.25) is 0 Å². The van der Waals surface area contributed by atoms with Crippen LogP contribution in [-0.2, 0) is 9.59 Å². The fraction of sp³-hybridized carbons (Fsp3) is 0.667. The van der Waals surface area contributed by atoms with Crippen LogP contribution in [0.5, 0.6) is 0 Å². The molecule has 0 saturated heterocycles. The van der Waals surface area contributed by atoms with Crippen LogP contribution >= 0.6 is 0 Å². The first-order valence-corrected chi connectivity index (χ1v) is 3.39. The van der Waals surface area contributed by atoms with Gasteiger partial charge < -0.3 is 30.6 Å². The molecule has 2 atom stereocenters. The quantitative estimate of drug-likeness (QED) is 0.274. The first kappa shape index (κ1) is 12.8. The number of aliphatic carboxylic acids is 2. The lowest BCUT2D eigenvalue weighted by atomic mass is 9.84. The minimum absolute atomic E-state index is 1.55. The van der Waals surface area contributed by atoms with Gasteiger partial charge in [0.05, 0.1) is 13.2 Å². The molecule has 0 amide bonds. The van der Waals surface area contributed by atoms with Gasteiger partial charge >= 0.3 is 11.9 Å². The molecule has 6 N–H and O–H groups in total. The number of rotatable bonds is 5. The molecule has 14 heavy (non-hydrogen) atoms. The molecule has 0 aromatic rings. The second-order valence-corrected chi connectivity index (χ2v) is 2.65. The number of hydrogen-bond donors (Lipinski definition) is 6. The van der Waals surface area contributed by atoms with Crippen LogP contribution in [0.1, 0.15) is 0 Å². The van der Waals surface area contributed by atoms with Crippen LogP contribution in [0.15, 0.2) is 0 Å². The second-order valence-electron chi connectivity index (χ2n) is 2.65. The average Bonchev–Trinajstić information content (AvgIpc) is 2.14. The van der Waals surface area contributed by atoms with E-state index in [1.165, 1.54) is 0 Å². The van der Waals surface area contributed by atoms with Gasteiger partial charge in [-0.05, 0) is 0 Å².